The number of thioether (sulfide) groups is 1. The van der Waals surface area contributed by atoms with E-state index in [0.717, 1.165) is 4.47 Å². The Balaban J connectivity index is 2.01. The molecule has 0 aliphatic carbocycles. The monoisotopic (exact) mass is 416 g/mol. The fourth-order valence-electron chi connectivity index (χ4n) is 2.05. The van der Waals surface area contributed by atoms with Crippen molar-refractivity contribution in [3.8, 4) is 17.6 Å². The van der Waals surface area contributed by atoms with E-state index in [9.17, 15) is 10.1 Å². The van der Waals surface area contributed by atoms with Gasteiger partial charge in [0.15, 0.2) is 0 Å². The van der Waals surface area contributed by atoms with Gasteiger partial charge in [-0.15, -0.1) is 0 Å². The van der Waals surface area contributed by atoms with Gasteiger partial charge in [-0.25, -0.2) is 0 Å². The van der Waals surface area contributed by atoms with Gasteiger partial charge >= 0.3 is 0 Å². The lowest BCUT2D eigenvalue weighted by atomic mass is 10.1. The van der Waals surface area contributed by atoms with Crippen LogP contribution in [0.4, 0.5) is 0 Å². The van der Waals surface area contributed by atoms with E-state index in [0.29, 0.717) is 31.9 Å². The molecular weight excluding hydrogens is 408 g/mol. The van der Waals surface area contributed by atoms with E-state index in [2.05, 4.69) is 27.3 Å². The number of nitriles is 1. The Morgan fingerprint density at radius 2 is 2.04 bits per heavy atom. The van der Waals surface area contributed by atoms with Crippen molar-refractivity contribution in [1.82, 2.24) is 5.32 Å². The summed E-state index contributed by atoms with van der Waals surface area (Å²) in [5.74, 6) is 0.772. The van der Waals surface area contributed by atoms with Gasteiger partial charge in [-0.3, -0.25) is 4.79 Å². The molecule has 0 spiro atoms. The van der Waals surface area contributed by atoms with E-state index in [1.165, 1.54) is 11.8 Å². The van der Waals surface area contributed by atoms with Crippen molar-refractivity contribution in [3.05, 3.63) is 63.0 Å². The van der Waals surface area contributed by atoms with Crippen molar-refractivity contribution >= 4 is 56.2 Å². The molecule has 1 N–H and O–H groups in total. The Bertz CT molecular complexity index is 919. The molecule has 0 atom stereocenters. The molecule has 0 radical (unpaired) electrons. The first-order valence-corrected chi connectivity index (χ1v) is 8.80. The van der Waals surface area contributed by atoms with Crippen LogP contribution in [0.15, 0.2) is 51.8 Å². The predicted molar refractivity (Wildman–Crippen MR) is 102 cm³/mol. The maximum Gasteiger partial charge on any atom is 0.263 e. The molecule has 0 saturated carbocycles. The number of carbonyl (C=O) groups excluding carboxylic acids is 1. The molecule has 24 heavy (non-hydrogen) atoms. The summed E-state index contributed by atoms with van der Waals surface area (Å²) in [4.78, 5) is 12.4. The number of rotatable bonds is 3. The summed E-state index contributed by atoms with van der Waals surface area (Å²) in [5, 5.41) is 11.8. The van der Waals surface area contributed by atoms with Gasteiger partial charge in [-0.2, -0.15) is 5.26 Å². The fraction of sp³-hybridized carbons (Fsp3) is 0. The summed E-state index contributed by atoms with van der Waals surface area (Å²) in [7, 11) is 0. The first-order valence-electron chi connectivity index (χ1n) is 6.78. The van der Waals surface area contributed by atoms with E-state index in [1.807, 2.05) is 12.1 Å². The van der Waals surface area contributed by atoms with Gasteiger partial charge in [0.2, 0.25) is 0 Å². The van der Waals surface area contributed by atoms with Crippen LogP contribution in [0, 0.1) is 11.3 Å². The number of hydrogen-bond acceptors (Lipinski definition) is 5. The lowest BCUT2D eigenvalue weighted by Gasteiger charge is -2.11. The number of nitrogens with one attached hydrogen (secondary N) is 1. The second kappa shape index (κ2) is 7.18. The Morgan fingerprint density at radius 3 is 2.75 bits per heavy atom. The van der Waals surface area contributed by atoms with Crippen molar-refractivity contribution in [2.45, 2.75) is 0 Å². The van der Waals surface area contributed by atoms with Gasteiger partial charge in [0.1, 0.15) is 21.9 Å². The van der Waals surface area contributed by atoms with Gasteiger partial charge in [0.25, 0.3) is 5.91 Å². The molecule has 0 unspecified atom stereocenters. The summed E-state index contributed by atoms with van der Waals surface area (Å²) in [5.41, 5.74) is 1.15. The third-order valence-corrected chi connectivity index (χ3v) is 4.78. The molecule has 2 aromatic carbocycles. The lowest BCUT2D eigenvalue weighted by Crippen LogP contribution is -2.17. The minimum atomic E-state index is -0.228. The van der Waals surface area contributed by atoms with Crippen LogP contribution in [0.25, 0.3) is 6.08 Å². The van der Waals surface area contributed by atoms with E-state index in [-0.39, 0.29) is 5.91 Å². The first kappa shape index (κ1) is 16.7. The summed E-state index contributed by atoms with van der Waals surface area (Å²) >= 11 is 9.62. The smallest absolute Gasteiger partial charge is 0.263 e. The van der Waals surface area contributed by atoms with Crippen LogP contribution in [0.2, 0.25) is 0 Å². The predicted octanol–water partition coefficient (Wildman–Crippen LogP) is 4.60. The number of hydrogen-bond donors (Lipinski definition) is 1. The summed E-state index contributed by atoms with van der Waals surface area (Å²) in [6.07, 6.45) is 1.72. The highest BCUT2D eigenvalue weighted by Crippen LogP contribution is 2.34. The highest BCUT2D eigenvalue weighted by atomic mass is 79.9. The number of carbonyl (C=O) groups is 1. The van der Waals surface area contributed by atoms with Crippen molar-refractivity contribution in [2.24, 2.45) is 0 Å². The van der Waals surface area contributed by atoms with Crippen LogP contribution >= 0.6 is 39.9 Å². The van der Waals surface area contributed by atoms with E-state index in [1.54, 1.807) is 36.4 Å². The molecule has 7 heteroatoms. The molecule has 3 rings (SSSR count). The van der Waals surface area contributed by atoms with Crippen molar-refractivity contribution < 1.29 is 9.53 Å². The SMILES string of the molecule is N#Cc1ccccc1Oc1ccc(Br)cc1/C=C1/SC(=S)NC1=O. The van der Waals surface area contributed by atoms with Crippen molar-refractivity contribution in [2.75, 3.05) is 0 Å². The van der Waals surface area contributed by atoms with Crippen LogP contribution in [0.5, 0.6) is 11.5 Å². The number of halogens is 1. The number of ether oxygens (including phenoxy) is 1. The van der Waals surface area contributed by atoms with Gasteiger partial charge in [0, 0.05) is 10.0 Å². The number of thiocarbonyl (C=S) groups is 1. The maximum atomic E-state index is 11.9. The zero-order valence-electron chi connectivity index (χ0n) is 12.1. The van der Waals surface area contributed by atoms with E-state index >= 15 is 0 Å². The minimum Gasteiger partial charge on any atom is -0.455 e. The van der Waals surface area contributed by atoms with Gasteiger partial charge in [-0.1, -0.05) is 52.0 Å². The van der Waals surface area contributed by atoms with Crippen LogP contribution in [-0.4, -0.2) is 10.2 Å². The first-order chi connectivity index (χ1) is 11.6. The number of amides is 1. The van der Waals surface area contributed by atoms with Crippen molar-refractivity contribution in [1.29, 1.82) is 5.26 Å². The lowest BCUT2D eigenvalue weighted by molar-refractivity contribution is -0.115. The zero-order valence-corrected chi connectivity index (χ0v) is 15.3. The quantitative estimate of drug-likeness (QED) is 0.584. The standard InChI is InChI=1S/C17H9BrN2O2S2/c18-12-5-6-14(22-13-4-2-1-3-10(13)9-19)11(7-12)8-15-16(21)20-17(23)24-15/h1-8H,(H,20,21,23)/b15-8+. The molecule has 2 aromatic rings. The highest BCUT2D eigenvalue weighted by Gasteiger charge is 2.22. The van der Waals surface area contributed by atoms with Gasteiger partial charge in [-0.05, 0) is 36.4 Å². The Hall–Kier alpha value is -2.14. The second-order valence-corrected chi connectivity index (χ2v) is 7.38. The van der Waals surface area contributed by atoms with E-state index < -0.39 is 0 Å². The van der Waals surface area contributed by atoms with Crippen LogP contribution in [-0.2, 0) is 4.79 Å². The third-order valence-electron chi connectivity index (χ3n) is 3.13. The maximum absolute atomic E-state index is 11.9. The molecular formula is C17H9BrN2O2S2. The number of para-hydroxylation sites is 1. The molecule has 1 amide bonds. The minimum absolute atomic E-state index is 0.228. The van der Waals surface area contributed by atoms with Crippen molar-refractivity contribution in [3.63, 3.8) is 0 Å². The molecule has 1 aliphatic rings. The average Bonchev–Trinajstić information content (AvgIpc) is 2.88. The van der Waals surface area contributed by atoms with Gasteiger partial charge < -0.3 is 10.1 Å². The molecule has 1 aliphatic heterocycles. The van der Waals surface area contributed by atoms with Crippen LogP contribution in [0.3, 0.4) is 0 Å². The number of benzene rings is 2. The second-order valence-electron chi connectivity index (χ2n) is 4.74. The van der Waals surface area contributed by atoms with Crippen LogP contribution in [0.1, 0.15) is 11.1 Å². The normalized spacial score (nSPS) is 15.2. The van der Waals surface area contributed by atoms with E-state index in [4.69, 9.17) is 17.0 Å². The molecule has 1 heterocycles. The largest absolute Gasteiger partial charge is 0.455 e. The number of nitrogens with zero attached hydrogens (tertiary/aromatic N) is 1. The Morgan fingerprint density at radius 1 is 1.25 bits per heavy atom. The zero-order chi connectivity index (χ0) is 17.1. The highest BCUT2D eigenvalue weighted by molar-refractivity contribution is 9.10. The van der Waals surface area contributed by atoms with Gasteiger partial charge in [0.05, 0.1) is 10.5 Å². The topological polar surface area (TPSA) is 62.1 Å². The van der Waals surface area contributed by atoms with Crippen LogP contribution < -0.4 is 10.1 Å². The molecule has 0 bridgehead atoms. The Labute approximate surface area is 156 Å². The Kier molecular flexibility index (Phi) is 5.00. The average molecular weight is 417 g/mol. The molecule has 0 aromatic heterocycles. The molecule has 118 valence electrons. The summed E-state index contributed by atoms with van der Waals surface area (Å²) in [6, 6.07) is 14.5. The molecule has 1 fully saturated rings. The fourth-order valence-corrected chi connectivity index (χ4v) is 3.47. The molecule has 4 nitrogen and oxygen atoms in total. The molecule has 1 saturated heterocycles. The summed E-state index contributed by atoms with van der Waals surface area (Å²) < 4.78 is 7.17. The third kappa shape index (κ3) is 3.67. The summed E-state index contributed by atoms with van der Waals surface area (Å²) in [6.45, 7) is 0.